The van der Waals surface area contributed by atoms with Crippen molar-refractivity contribution in [3.63, 3.8) is 0 Å². The van der Waals surface area contributed by atoms with Crippen molar-refractivity contribution in [2.75, 3.05) is 6.54 Å². The van der Waals surface area contributed by atoms with Gasteiger partial charge in [0.05, 0.1) is 11.6 Å². The van der Waals surface area contributed by atoms with Gasteiger partial charge >= 0.3 is 0 Å². The fraction of sp³-hybridized carbons (Fsp3) is 0.429. The molecule has 0 unspecified atom stereocenters. The van der Waals surface area contributed by atoms with Gasteiger partial charge in [-0.05, 0) is 31.4 Å². The lowest BCUT2D eigenvalue weighted by Crippen LogP contribution is -2.49. The van der Waals surface area contributed by atoms with Gasteiger partial charge in [-0.1, -0.05) is 24.3 Å². The summed E-state index contributed by atoms with van der Waals surface area (Å²) in [5.74, 6) is -0.0768. The lowest BCUT2D eigenvalue weighted by Gasteiger charge is -2.43. The first-order valence-corrected chi connectivity index (χ1v) is 5.83. The smallest absolute Gasteiger partial charge is 0.237 e. The van der Waals surface area contributed by atoms with E-state index >= 15 is 0 Å². The highest BCUT2D eigenvalue weighted by molar-refractivity contribution is 5.79. The summed E-state index contributed by atoms with van der Waals surface area (Å²) < 4.78 is 0. The van der Waals surface area contributed by atoms with Crippen LogP contribution in [-0.4, -0.2) is 17.4 Å². The molecule has 2 rings (SSSR count). The van der Waals surface area contributed by atoms with Crippen LogP contribution in [0.4, 0.5) is 0 Å². The van der Waals surface area contributed by atoms with Crippen molar-refractivity contribution in [1.82, 2.24) is 4.90 Å². The summed E-state index contributed by atoms with van der Waals surface area (Å²) in [6.45, 7) is 4.78. The number of amides is 1. The standard InChI is InChI=1S/C14H16N2O/c1-14(2)12-6-4-3-5-11(12)8-10-16(14)13(17)7-9-15/h3-6H,7-8,10H2,1-2H3. The zero-order valence-corrected chi connectivity index (χ0v) is 10.2. The highest BCUT2D eigenvalue weighted by Crippen LogP contribution is 2.35. The van der Waals surface area contributed by atoms with Crippen LogP contribution in [0.25, 0.3) is 0 Å². The summed E-state index contributed by atoms with van der Waals surface area (Å²) in [4.78, 5) is 13.7. The molecular formula is C14H16N2O. The van der Waals surface area contributed by atoms with Gasteiger partial charge in [-0.15, -0.1) is 0 Å². The Bertz CT molecular complexity index is 485. The van der Waals surface area contributed by atoms with Crippen LogP contribution in [0.5, 0.6) is 0 Å². The maximum absolute atomic E-state index is 11.9. The van der Waals surface area contributed by atoms with Crippen molar-refractivity contribution in [2.45, 2.75) is 32.2 Å². The lowest BCUT2D eigenvalue weighted by atomic mass is 9.83. The molecular weight excluding hydrogens is 212 g/mol. The maximum Gasteiger partial charge on any atom is 0.237 e. The predicted molar refractivity (Wildman–Crippen MR) is 65.1 cm³/mol. The third-order valence-electron chi connectivity index (χ3n) is 3.49. The molecule has 0 fully saturated rings. The Balaban J connectivity index is 2.38. The minimum absolute atomic E-state index is 0.0361. The molecule has 3 heteroatoms. The van der Waals surface area contributed by atoms with Crippen molar-refractivity contribution in [1.29, 1.82) is 5.26 Å². The Hall–Kier alpha value is -1.82. The molecule has 0 spiro atoms. The van der Waals surface area contributed by atoms with Crippen molar-refractivity contribution in [2.24, 2.45) is 0 Å². The molecule has 0 aromatic heterocycles. The van der Waals surface area contributed by atoms with Crippen LogP contribution in [-0.2, 0) is 16.8 Å². The van der Waals surface area contributed by atoms with Crippen LogP contribution in [0.15, 0.2) is 24.3 Å². The third-order valence-corrected chi connectivity index (χ3v) is 3.49. The van der Waals surface area contributed by atoms with E-state index in [2.05, 4.69) is 12.1 Å². The number of carbonyl (C=O) groups is 1. The van der Waals surface area contributed by atoms with Crippen LogP contribution in [0.3, 0.4) is 0 Å². The highest BCUT2D eigenvalue weighted by atomic mass is 16.2. The SMILES string of the molecule is CC1(C)c2ccccc2CCN1C(=O)CC#N. The molecule has 0 N–H and O–H groups in total. The Labute approximate surface area is 102 Å². The van der Waals surface area contributed by atoms with Gasteiger partial charge in [-0.25, -0.2) is 0 Å². The van der Waals surface area contributed by atoms with Crippen molar-refractivity contribution >= 4 is 5.91 Å². The number of rotatable bonds is 1. The Morgan fingerprint density at radius 1 is 1.47 bits per heavy atom. The first-order valence-electron chi connectivity index (χ1n) is 5.83. The average molecular weight is 228 g/mol. The molecule has 1 aromatic rings. The number of hydrogen-bond donors (Lipinski definition) is 0. The molecule has 88 valence electrons. The zero-order valence-electron chi connectivity index (χ0n) is 10.2. The second-order valence-corrected chi connectivity index (χ2v) is 4.85. The van der Waals surface area contributed by atoms with Crippen LogP contribution < -0.4 is 0 Å². The maximum atomic E-state index is 11.9. The highest BCUT2D eigenvalue weighted by Gasteiger charge is 2.36. The van der Waals surface area contributed by atoms with Crippen molar-refractivity contribution < 1.29 is 4.79 Å². The number of nitriles is 1. The van der Waals surface area contributed by atoms with Gasteiger partial charge in [0.2, 0.25) is 5.91 Å². The molecule has 1 heterocycles. The molecule has 0 aliphatic carbocycles. The van der Waals surface area contributed by atoms with Crippen LogP contribution in [0.1, 0.15) is 31.4 Å². The van der Waals surface area contributed by atoms with Crippen LogP contribution in [0.2, 0.25) is 0 Å². The van der Waals surface area contributed by atoms with E-state index in [1.54, 1.807) is 0 Å². The summed E-state index contributed by atoms with van der Waals surface area (Å²) in [5, 5.41) is 8.64. The van der Waals surface area contributed by atoms with E-state index in [1.807, 2.05) is 36.9 Å². The first kappa shape index (κ1) is 11.7. The molecule has 1 aliphatic rings. The van der Waals surface area contributed by atoms with E-state index in [1.165, 1.54) is 11.1 Å². The third kappa shape index (κ3) is 1.91. The Morgan fingerprint density at radius 3 is 2.88 bits per heavy atom. The average Bonchev–Trinajstić information content (AvgIpc) is 2.29. The molecule has 0 saturated heterocycles. The quantitative estimate of drug-likeness (QED) is 0.739. The van der Waals surface area contributed by atoms with E-state index in [9.17, 15) is 4.79 Å². The molecule has 1 aromatic carbocycles. The van der Waals surface area contributed by atoms with Crippen LogP contribution >= 0.6 is 0 Å². The number of carbonyl (C=O) groups excluding carboxylic acids is 1. The normalized spacial score (nSPS) is 17.1. The van der Waals surface area contributed by atoms with Gasteiger partial charge in [0.15, 0.2) is 0 Å². The molecule has 1 amide bonds. The zero-order chi connectivity index (χ0) is 12.5. The van der Waals surface area contributed by atoms with Gasteiger partial charge in [0.25, 0.3) is 0 Å². The second kappa shape index (κ2) is 4.21. The molecule has 0 radical (unpaired) electrons. The first-order chi connectivity index (χ1) is 8.07. The van der Waals surface area contributed by atoms with Gasteiger partial charge < -0.3 is 4.90 Å². The van der Waals surface area contributed by atoms with E-state index in [0.717, 1.165) is 6.42 Å². The van der Waals surface area contributed by atoms with E-state index < -0.39 is 0 Å². The summed E-state index contributed by atoms with van der Waals surface area (Å²) in [6.07, 6.45) is 0.836. The summed E-state index contributed by atoms with van der Waals surface area (Å²) in [5.41, 5.74) is 2.18. The summed E-state index contributed by atoms with van der Waals surface area (Å²) in [6, 6.07) is 10.1. The monoisotopic (exact) mass is 228 g/mol. The number of nitrogens with zero attached hydrogens (tertiary/aromatic N) is 2. The molecule has 1 aliphatic heterocycles. The lowest BCUT2D eigenvalue weighted by molar-refractivity contribution is -0.136. The number of hydrogen-bond acceptors (Lipinski definition) is 2. The second-order valence-electron chi connectivity index (χ2n) is 4.85. The van der Waals surface area contributed by atoms with Gasteiger partial charge in [0, 0.05) is 6.54 Å². The van der Waals surface area contributed by atoms with Gasteiger partial charge in [-0.3, -0.25) is 4.79 Å². The summed E-state index contributed by atoms with van der Waals surface area (Å²) in [7, 11) is 0. The molecule has 17 heavy (non-hydrogen) atoms. The van der Waals surface area contributed by atoms with Crippen molar-refractivity contribution in [3.05, 3.63) is 35.4 Å². The molecule has 3 nitrogen and oxygen atoms in total. The molecule has 0 atom stereocenters. The predicted octanol–water partition coefficient (Wildman–Crippen LogP) is 2.22. The number of benzene rings is 1. The summed E-state index contributed by atoms with van der Waals surface area (Å²) >= 11 is 0. The van der Waals surface area contributed by atoms with Gasteiger partial charge in [0.1, 0.15) is 6.42 Å². The van der Waals surface area contributed by atoms with E-state index in [0.29, 0.717) is 6.54 Å². The fourth-order valence-corrected chi connectivity index (χ4v) is 2.59. The van der Waals surface area contributed by atoms with E-state index in [4.69, 9.17) is 5.26 Å². The van der Waals surface area contributed by atoms with Crippen molar-refractivity contribution in [3.8, 4) is 6.07 Å². The minimum Gasteiger partial charge on any atom is -0.332 e. The number of fused-ring (bicyclic) bond motifs is 1. The molecule has 0 saturated carbocycles. The van der Waals surface area contributed by atoms with Gasteiger partial charge in [-0.2, -0.15) is 5.26 Å². The Kier molecular flexibility index (Phi) is 2.89. The fourth-order valence-electron chi connectivity index (χ4n) is 2.59. The molecule has 0 bridgehead atoms. The topological polar surface area (TPSA) is 44.1 Å². The van der Waals surface area contributed by atoms with E-state index in [-0.39, 0.29) is 17.9 Å². The minimum atomic E-state index is -0.317. The Morgan fingerprint density at radius 2 is 2.18 bits per heavy atom. The largest absolute Gasteiger partial charge is 0.332 e. The van der Waals surface area contributed by atoms with Crippen LogP contribution in [0, 0.1) is 11.3 Å².